The van der Waals surface area contributed by atoms with Crippen LogP contribution in [0.3, 0.4) is 0 Å². The third-order valence-electron chi connectivity index (χ3n) is 4.80. The molecular weight excluding hydrogens is 300 g/mol. The van der Waals surface area contributed by atoms with Crippen LogP contribution in [0, 0.1) is 6.92 Å². The Morgan fingerprint density at radius 1 is 1.08 bits per heavy atom. The van der Waals surface area contributed by atoms with Gasteiger partial charge in [-0.1, -0.05) is 48.0 Å². The maximum absolute atomic E-state index is 11.9. The molecule has 4 nitrogen and oxygen atoms in total. The molecule has 0 aromatic heterocycles. The number of rotatable bonds is 5. The number of anilines is 1. The molecule has 0 radical (unpaired) electrons. The summed E-state index contributed by atoms with van der Waals surface area (Å²) in [5.41, 5.74) is 2.44. The minimum Gasteiger partial charge on any atom is -0.480 e. The van der Waals surface area contributed by atoms with Crippen LogP contribution in [0.25, 0.3) is 0 Å². The van der Waals surface area contributed by atoms with Crippen LogP contribution < -0.4 is 5.32 Å². The van der Waals surface area contributed by atoms with Gasteiger partial charge < -0.3 is 10.4 Å². The van der Waals surface area contributed by atoms with E-state index in [1.54, 1.807) is 0 Å². The maximum atomic E-state index is 11.9. The molecule has 0 bridgehead atoms. The molecule has 0 unspecified atom stereocenters. The van der Waals surface area contributed by atoms with E-state index >= 15 is 0 Å². The SMILES string of the molecule is Cc1ccc(NC2(C(=O)O)CCN(Cc3ccccc3)CC2)cc1. The zero-order valence-corrected chi connectivity index (χ0v) is 14.0. The van der Waals surface area contributed by atoms with E-state index in [0.29, 0.717) is 12.8 Å². The fourth-order valence-electron chi connectivity index (χ4n) is 3.24. The van der Waals surface area contributed by atoms with Crippen LogP contribution >= 0.6 is 0 Å². The highest BCUT2D eigenvalue weighted by atomic mass is 16.4. The Morgan fingerprint density at radius 3 is 2.29 bits per heavy atom. The van der Waals surface area contributed by atoms with Gasteiger partial charge in [0.25, 0.3) is 0 Å². The number of nitrogens with zero attached hydrogens (tertiary/aromatic N) is 1. The predicted octanol–water partition coefficient (Wildman–Crippen LogP) is 3.53. The van der Waals surface area contributed by atoms with Crippen molar-refractivity contribution in [2.75, 3.05) is 18.4 Å². The molecule has 0 spiro atoms. The molecule has 1 aliphatic heterocycles. The van der Waals surface area contributed by atoms with E-state index in [9.17, 15) is 9.90 Å². The molecule has 1 fully saturated rings. The highest BCUT2D eigenvalue weighted by Crippen LogP contribution is 2.28. The second-order valence-corrected chi connectivity index (χ2v) is 6.64. The van der Waals surface area contributed by atoms with Crippen molar-refractivity contribution in [1.82, 2.24) is 4.90 Å². The molecular formula is C20H24N2O2. The summed E-state index contributed by atoms with van der Waals surface area (Å²) >= 11 is 0. The van der Waals surface area contributed by atoms with Crippen molar-refractivity contribution in [3.8, 4) is 0 Å². The molecule has 1 heterocycles. The maximum Gasteiger partial charge on any atom is 0.329 e. The molecule has 1 saturated heterocycles. The van der Waals surface area contributed by atoms with Gasteiger partial charge in [0.15, 0.2) is 0 Å². The Balaban J connectivity index is 1.65. The summed E-state index contributed by atoms with van der Waals surface area (Å²) in [5, 5.41) is 13.1. The van der Waals surface area contributed by atoms with Gasteiger partial charge >= 0.3 is 5.97 Å². The highest BCUT2D eigenvalue weighted by molar-refractivity contribution is 5.83. The van der Waals surface area contributed by atoms with E-state index in [1.165, 1.54) is 11.1 Å². The number of hydrogen-bond acceptors (Lipinski definition) is 3. The van der Waals surface area contributed by atoms with Gasteiger partial charge in [-0.15, -0.1) is 0 Å². The van der Waals surface area contributed by atoms with Crippen LogP contribution in [0.5, 0.6) is 0 Å². The first-order chi connectivity index (χ1) is 11.6. The minimum absolute atomic E-state index is 0.600. The lowest BCUT2D eigenvalue weighted by molar-refractivity contribution is -0.144. The number of carbonyl (C=O) groups is 1. The van der Waals surface area contributed by atoms with E-state index in [2.05, 4.69) is 22.3 Å². The molecule has 0 aliphatic carbocycles. The van der Waals surface area contributed by atoms with Crippen molar-refractivity contribution in [2.45, 2.75) is 31.8 Å². The monoisotopic (exact) mass is 324 g/mol. The molecule has 24 heavy (non-hydrogen) atoms. The average molecular weight is 324 g/mol. The summed E-state index contributed by atoms with van der Waals surface area (Å²) in [5.74, 6) is -0.762. The topological polar surface area (TPSA) is 52.6 Å². The van der Waals surface area contributed by atoms with Gasteiger partial charge in [-0.25, -0.2) is 4.79 Å². The first kappa shape index (κ1) is 16.5. The quantitative estimate of drug-likeness (QED) is 0.883. The fraction of sp³-hybridized carbons (Fsp3) is 0.350. The number of hydrogen-bond donors (Lipinski definition) is 2. The van der Waals surface area contributed by atoms with Gasteiger partial charge in [0.1, 0.15) is 5.54 Å². The normalized spacial score (nSPS) is 17.4. The lowest BCUT2D eigenvalue weighted by atomic mass is 9.87. The van der Waals surface area contributed by atoms with E-state index in [0.717, 1.165) is 25.3 Å². The Hall–Kier alpha value is -2.33. The number of likely N-dealkylation sites (tertiary alicyclic amines) is 1. The zero-order valence-electron chi connectivity index (χ0n) is 14.0. The summed E-state index contributed by atoms with van der Waals surface area (Å²) in [6.45, 7) is 4.46. The van der Waals surface area contributed by atoms with Crippen LogP contribution in [-0.2, 0) is 11.3 Å². The molecule has 0 atom stereocenters. The van der Waals surface area contributed by atoms with E-state index < -0.39 is 11.5 Å². The van der Waals surface area contributed by atoms with Crippen LogP contribution in [-0.4, -0.2) is 34.6 Å². The lowest BCUT2D eigenvalue weighted by Crippen LogP contribution is -2.54. The molecule has 1 aliphatic rings. The Bertz CT molecular complexity index is 675. The standard InChI is InChI=1S/C20H24N2O2/c1-16-7-9-18(10-8-16)21-20(19(23)24)11-13-22(14-12-20)15-17-5-3-2-4-6-17/h2-10,21H,11-15H2,1H3,(H,23,24). The van der Waals surface area contributed by atoms with Gasteiger partial charge in [0.2, 0.25) is 0 Å². The van der Waals surface area contributed by atoms with E-state index in [4.69, 9.17) is 0 Å². The third kappa shape index (κ3) is 3.77. The number of benzene rings is 2. The molecule has 2 aromatic carbocycles. The first-order valence-electron chi connectivity index (χ1n) is 8.42. The van der Waals surface area contributed by atoms with Crippen molar-refractivity contribution >= 4 is 11.7 Å². The summed E-state index contributed by atoms with van der Waals surface area (Å²) in [7, 11) is 0. The molecule has 126 valence electrons. The summed E-state index contributed by atoms with van der Waals surface area (Å²) in [6.07, 6.45) is 1.20. The van der Waals surface area contributed by atoms with Crippen molar-refractivity contribution in [2.24, 2.45) is 0 Å². The number of carboxylic acid groups (broad SMARTS) is 1. The van der Waals surface area contributed by atoms with E-state index in [1.807, 2.05) is 49.4 Å². The predicted molar refractivity (Wildman–Crippen MR) is 96.1 cm³/mol. The van der Waals surface area contributed by atoms with Crippen molar-refractivity contribution in [3.05, 3.63) is 65.7 Å². The smallest absolute Gasteiger partial charge is 0.329 e. The third-order valence-corrected chi connectivity index (χ3v) is 4.80. The molecule has 2 N–H and O–H groups in total. The first-order valence-corrected chi connectivity index (χ1v) is 8.42. The Kier molecular flexibility index (Phi) is 4.86. The summed E-state index contributed by atoms with van der Waals surface area (Å²) < 4.78 is 0. The molecule has 0 saturated carbocycles. The summed E-state index contributed by atoms with van der Waals surface area (Å²) in [4.78, 5) is 14.3. The van der Waals surface area contributed by atoms with Gasteiger partial charge in [-0.2, -0.15) is 0 Å². The van der Waals surface area contributed by atoms with Gasteiger partial charge in [-0.3, -0.25) is 4.90 Å². The number of nitrogens with one attached hydrogen (secondary N) is 1. The van der Waals surface area contributed by atoms with Gasteiger partial charge in [0.05, 0.1) is 0 Å². The zero-order chi connectivity index (χ0) is 17.0. The van der Waals surface area contributed by atoms with E-state index in [-0.39, 0.29) is 0 Å². The number of carboxylic acids is 1. The molecule has 0 amide bonds. The highest BCUT2D eigenvalue weighted by Gasteiger charge is 2.41. The van der Waals surface area contributed by atoms with Crippen LogP contribution in [0.4, 0.5) is 5.69 Å². The minimum atomic E-state index is -0.873. The van der Waals surface area contributed by atoms with Crippen molar-refractivity contribution in [1.29, 1.82) is 0 Å². The average Bonchev–Trinajstić information content (AvgIpc) is 2.59. The summed E-state index contributed by atoms with van der Waals surface area (Å²) in [6, 6.07) is 18.2. The number of piperidine rings is 1. The van der Waals surface area contributed by atoms with Gasteiger partial charge in [0, 0.05) is 25.3 Å². The number of aliphatic carboxylic acids is 1. The van der Waals surface area contributed by atoms with Crippen molar-refractivity contribution in [3.63, 3.8) is 0 Å². The lowest BCUT2D eigenvalue weighted by Gasteiger charge is -2.40. The Labute approximate surface area is 143 Å². The molecule has 2 aromatic rings. The van der Waals surface area contributed by atoms with Gasteiger partial charge in [-0.05, 0) is 37.5 Å². The molecule has 4 heteroatoms. The second-order valence-electron chi connectivity index (χ2n) is 6.64. The Morgan fingerprint density at radius 2 is 1.71 bits per heavy atom. The fourth-order valence-corrected chi connectivity index (χ4v) is 3.24. The molecule has 3 rings (SSSR count). The second kappa shape index (κ2) is 7.05. The largest absolute Gasteiger partial charge is 0.480 e. The van der Waals surface area contributed by atoms with Crippen molar-refractivity contribution < 1.29 is 9.90 Å². The van der Waals surface area contributed by atoms with Crippen LogP contribution in [0.1, 0.15) is 24.0 Å². The van der Waals surface area contributed by atoms with Crippen LogP contribution in [0.15, 0.2) is 54.6 Å². The van der Waals surface area contributed by atoms with Crippen LogP contribution in [0.2, 0.25) is 0 Å². The number of aryl methyl sites for hydroxylation is 1.